The van der Waals surface area contributed by atoms with Crippen molar-refractivity contribution in [2.45, 2.75) is 26.8 Å². The number of hydrogen-bond acceptors (Lipinski definition) is 3. The Morgan fingerprint density at radius 1 is 0.962 bits per heavy atom. The van der Waals surface area contributed by atoms with Gasteiger partial charge in [0.25, 0.3) is 0 Å². The SMILES string of the molecule is Cc1cccc(NC(=O)CN(C)CC(=O)NC(C)c2ccccc2)c1C. The summed E-state index contributed by atoms with van der Waals surface area (Å²) in [4.78, 5) is 26.1. The van der Waals surface area contributed by atoms with Crippen LogP contribution in [0.25, 0.3) is 0 Å². The maximum absolute atomic E-state index is 12.2. The van der Waals surface area contributed by atoms with Gasteiger partial charge in [-0.25, -0.2) is 0 Å². The van der Waals surface area contributed by atoms with E-state index >= 15 is 0 Å². The lowest BCUT2D eigenvalue weighted by atomic mass is 10.1. The van der Waals surface area contributed by atoms with Crippen LogP contribution in [0.15, 0.2) is 48.5 Å². The number of aryl methyl sites for hydroxylation is 1. The minimum Gasteiger partial charge on any atom is -0.348 e. The quantitative estimate of drug-likeness (QED) is 0.804. The van der Waals surface area contributed by atoms with Gasteiger partial charge >= 0.3 is 0 Å². The average Bonchev–Trinajstić information content (AvgIpc) is 2.59. The van der Waals surface area contributed by atoms with Crippen LogP contribution in [0.5, 0.6) is 0 Å². The van der Waals surface area contributed by atoms with Crippen LogP contribution >= 0.6 is 0 Å². The molecule has 5 heteroatoms. The zero-order chi connectivity index (χ0) is 19.1. The van der Waals surface area contributed by atoms with Crippen molar-refractivity contribution in [1.82, 2.24) is 10.2 Å². The number of nitrogens with zero attached hydrogens (tertiary/aromatic N) is 1. The molecule has 0 aliphatic carbocycles. The smallest absolute Gasteiger partial charge is 0.238 e. The lowest BCUT2D eigenvalue weighted by Crippen LogP contribution is -2.39. The van der Waals surface area contributed by atoms with E-state index in [9.17, 15) is 9.59 Å². The molecule has 1 unspecified atom stereocenters. The number of hydrogen-bond donors (Lipinski definition) is 2. The highest BCUT2D eigenvalue weighted by molar-refractivity contribution is 5.93. The Kier molecular flexibility index (Phi) is 6.92. The summed E-state index contributed by atoms with van der Waals surface area (Å²) in [7, 11) is 1.76. The molecular weight excluding hydrogens is 326 g/mol. The second kappa shape index (κ2) is 9.15. The van der Waals surface area contributed by atoms with E-state index in [0.717, 1.165) is 22.4 Å². The van der Waals surface area contributed by atoms with Crippen LogP contribution < -0.4 is 10.6 Å². The number of carbonyl (C=O) groups is 2. The van der Waals surface area contributed by atoms with E-state index in [1.807, 2.05) is 69.3 Å². The third-order valence-electron chi connectivity index (χ3n) is 4.38. The highest BCUT2D eigenvalue weighted by Gasteiger charge is 2.14. The number of benzene rings is 2. The van der Waals surface area contributed by atoms with Gasteiger partial charge < -0.3 is 10.6 Å². The Morgan fingerprint density at radius 2 is 1.62 bits per heavy atom. The maximum atomic E-state index is 12.2. The van der Waals surface area contributed by atoms with E-state index in [1.54, 1.807) is 11.9 Å². The molecule has 0 saturated heterocycles. The molecular formula is C21H27N3O2. The van der Waals surface area contributed by atoms with E-state index in [-0.39, 0.29) is 30.9 Å². The summed E-state index contributed by atoms with van der Waals surface area (Å²) in [6.07, 6.45) is 0. The molecule has 1 atom stereocenters. The summed E-state index contributed by atoms with van der Waals surface area (Å²) in [5.41, 5.74) is 4.05. The van der Waals surface area contributed by atoms with Crippen LogP contribution in [-0.2, 0) is 9.59 Å². The third-order valence-corrected chi connectivity index (χ3v) is 4.38. The molecule has 26 heavy (non-hydrogen) atoms. The summed E-state index contributed by atoms with van der Waals surface area (Å²) in [5.74, 6) is -0.242. The molecule has 0 spiro atoms. The lowest BCUT2D eigenvalue weighted by molar-refractivity contribution is -0.123. The first kappa shape index (κ1) is 19.7. The zero-order valence-corrected chi connectivity index (χ0v) is 15.9. The van der Waals surface area contributed by atoms with Gasteiger partial charge in [-0.15, -0.1) is 0 Å². The fourth-order valence-electron chi connectivity index (χ4n) is 2.73. The predicted molar refractivity (Wildman–Crippen MR) is 105 cm³/mol. The molecule has 0 aromatic heterocycles. The van der Waals surface area contributed by atoms with Gasteiger partial charge in [-0.05, 0) is 50.6 Å². The van der Waals surface area contributed by atoms with Gasteiger partial charge in [0.1, 0.15) is 0 Å². The molecule has 0 fully saturated rings. The second-order valence-corrected chi connectivity index (χ2v) is 6.67. The van der Waals surface area contributed by atoms with Gasteiger partial charge in [-0.1, -0.05) is 42.5 Å². The van der Waals surface area contributed by atoms with Crippen molar-refractivity contribution in [3.05, 3.63) is 65.2 Å². The summed E-state index contributed by atoms with van der Waals surface area (Å²) in [6, 6.07) is 15.5. The number of anilines is 1. The molecule has 2 aromatic carbocycles. The van der Waals surface area contributed by atoms with Crippen molar-refractivity contribution in [3.8, 4) is 0 Å². The zero-order valence-electron chi connectivity index (χ0n) is 15.9. The van der Waals surface area contributed by atoms with E-state index in [1.165, 1.54) is 0 Å². The molecule has 0 heterocycles. The molecule has 2 rings (SSSR count). The Labute approximate surface area is 155 Å². The van der Waals surface area contributed by atoms with Crippen LogP contribution in [0, 0.1) is 13.8 Å². The second-order valence-electron chi connectivity index (χ2n) is 6.67. The summed E-state index contributed by atoms with van der Waals surface area (Å²) < 4.78 is 0. The van der Waals surface area contributed by atoms with Crippen molar-refractivity contribution in [3.63, 3.8) is 0 Å². The number of amides is 2. The Hall–Kier alpha value is -2.66. The van der Waals surface area contributed by atoms with Gasteiger partial charge in [0.2, 0.25) is 11.8 Å². The maximum Gasteiger partial charge on any atom is 0.238 e. The van der Waals surface area contributed by atoms with Crippen LogP contribution in [0.1, 0.15) is 29.7 Å². The minimum atomic E-state index is -0.134. The van der Waals surface area contributed by atoms with Crippen molar-refractivity contribution in [1.29, 1.82) is 0 Å². The average molecular weight is 353 g/mol. The molecule has 0 radical (unpaired) electrons. The van der Waals surface area contributed by atoms with Gasteiger partial charge in [0.05, 0.1) is 19.1 Å². The summed E-state index contributed by atoms with van der Waals surface area (Å²) >= 11 is 0. The van der Waals surface area contributed by atoms with E-state index < -0.39 is 0 Å². The van der Waals surface area contributed by atoms with E-state index in [2.05, 4.69) is 10.6 Å². The fraction of sp³-hybridized carbons (Fsp3) is 0.333. The highest BCUT2D eigenvalue weighted by atomic mass is 16.2. The van der Waals surface area contributed by atoms with Gasteiger partial charge in [-0.2, -0.15) is 0 Å². The predicted octanol–water partition coefficient (Wildman–Crippen LogP) is 3.05. The largest absolute Gasteiger partial charge is 0.348 e. The summed E-state index contributed by atoms with van der Waals surface area (Å²) in [6.45, 7) is 6.25. The Bertz CT molecular complexity index is 759. The van der Waals surface area contributed by atoms with Gasteiger partial charge in [0, 0.05) is 5.69 Å². The van der Waals surface area contributed by atoms with Gasteiger partial charge in [-0.3, -0.25) is 14.5 Å². The van der Waals surface area contributed by atoms with E-state index in [0.29, 0.717) is 0 Å². The van der Waals surface area contributed by atoms with Crippen LogP contribution in [0.4, 0.5) is 5.69 Å². The van der Waals surface area contributed by atoms with Crippen molar-refractivity contribution >= 4 is 17.5 Å². The van der Waals surface area contributed by atoms with Gasteiger partial charge in [0.15, 0.2) is 0 Å². The first-order valence-electron chi connectivity index (χ1n) is 8.75. The third kappa shape index (κ3) is 5.70. The van der Waals surface area contributed by atoms with Crippen molar-refractivity contribution < 1.29 is 9.59 Å². The Morgan fingerprint density at radius 3 is 2.31 bits per heavy atom. The number of carbonyl (C=O) groups excluding carboxylic acids is 2. The molecule has 0 aliphatic rings. The molecule has 2 amide bonds. The van der Waals surface area contributed by atoms with Crippen LogP contribution in [0.3, 0.4) is 0 Å². The molecule has 0 saturated carbocycles. The standard InChI is InChI=1S/C21H27N3O2/c1-15-9-8-12-19(16(15)2)23-21(26)14-24(4)13-20(25)22-17(3)18-10-6-5-7-11-18/h5-12,17H,13-14H2,1-4H3,(H,22,25)(H,23,26). The number of likely N-dealkylation sites (N-methyl/N-ethyl adjacent to an activating group) is 1. The number of nitrogens with one attached hydrogen (secondary N) is 2. The molecule has 0 aliphatic heterocycles. The van der Waals surface area contributed by atoms with Crippen LogP contribution in [-0.4, -0.2) is 36.9 Å². The molecule has 2 N–H and O–H groups in total. The minimum absolute atomic E-state index is 0.0686. The topological polar surface area (TPSA) is 61.4 Å². The molecule has 0 bridgehead atoms. The normalized spacial score (nSPS) is 11.9. The highest BCUT2D eigenvalue weighted by Crippen LogP contribution is 2.17. The lowest BCUT2D eigenvalue weighted by Gasteiger charge is -2.19. The monoisotopic (exact) mass is 353 g/mol. The van der Waals surface area contributed by atoms with Crippen molar-refractivity contribution in [2.24, 2.45) is 0 Å². The molecule has 138 valence electrons. The first-order valence-corrected chi connectivity index (χ1v) is 8.75. The van der Waals surface area contributed by atoms with Crippen LogP contribution in [0.2, 0.25) is 0 Å². The van der Waals surface area contributed by atoms with Crippen molar-refractivity contribution in [2.75, 3.05) is 25.5 Å². The molecule has 2 aromatic rings. The van der Waals surface area contributed by atoms with E-state index in [4.69, 9.17) is 0 Å². The first-order chi connectivity index (χ1) is 12.4. The number of rotatable bonds is 7. The molecule has 5 nitrogen and oxygen atoms in total. The fourth-order valence-corrected chi connectivity index (χ4v) is 2.73. The summed E-state index contributed by atoms with van der Waals surface area (Å²) in [5, 5.41) is 5.86. The Balaban J connectivity index is 1.82.